The van der Waals surface area contributed by atoms with Crippen molar-refractivity contribution in [2.24, 2.45) is 5.84 Å². The van der Waals surface area contributed by atoms with Crippen LogP contribution in [0.25, 0.3) is 0 Å². The van der Waals surface area contributed by atoms with E-state index in [4.69, 9.17) is 10.6 Å². The molecule has 0 atom stereocenters. The number of nitrogens with two attached hydrogens (primary N) is 1. The largest absolute Gasteiger partial charge is 0.466 e. The zero-order chi connectivity index (χ0) is 12.7. The summed E-state index contributed by atoms with van der Waals surface area (Å²) in [4.78, 5) is 19.3. The first-order chi connectivity index (χ1) is 8.15. The van der Waals surface area contributed by atoms with Gasteiger partial charge in [-0.25, -0.2) is 15.8 Å². The van der Waals surface area contributed by atoms with Gasteiger partial charge in [0.1, 0.15) is 17.5 Å². The minimum atomic E-state index is -0.233. The minimum absolute atomic E-state index is 0.233. The molecule has 0 saturated carbocycles. The van der Waals surface area contributed by atoms with Gasteiger partial charge in [-0.3, -0.25) is 4.79 Å². The zero-order valence-corrected chi connectivity index (χ0v) is 9.99. The maximum atomic E-state index is 11.1. The summed E-state index contributed by atoms with van der Waals surface area (Å²) in [5.41, 5.74) is 2.44. The Balaban J connectivity index is 2.46. The first kappa shape index (κ1) is 13.2. The van der Waals surface area contributed by atoms with Crippen LogP contribution in [0.2, 0.25) is 0 Å². The maximum absolute atomic E-state index is 11.1. The Morgan fingerprint density at radius 2 is 2.18 bits per heavy atom. The van der Waals surface area contributed by atoms with Crippen LogP contribution in [0.5, 0.6) is 0 Å². The average molecular weight is 239 g/mol. The second-order valence-electron chi connectivity index (χ2n) is 3.31. The fourth-order valence-corrected chi connectivity index (χ4v) is 1.26. The van der Waals surface area contributed by atoms with Crippen molar-refractivity contribution in [1.29, 1.82) is 0 Å². The highest BCUT2D eigenvalue weighted by molar-refractivity contribution is 5.70. The molecule has 1 aromatic heterocycles. The predicted molar refractivity (Wildman–Crippen MR) is 64.3 cm³/mol. The number of nitrogens with zero attached hydrogens (tertiary/aromatic N) is 2. The van der Waals surface area contributed by atoms with Crippen LogP contribution in [0.4, 0.5) is 11.6 Å². The van der Waals surface area contributed by atoms with E-state index in [1.165, 1.54) is 0 Å². The lowest BCUT2D eigenvalue weighted by atomic mass is 10.4. The van der Waals surface area contributed by atoms with E-state index in [0.717, 1.165) is 0 Å². The van der Waals surface area contributed by atoms with Gasteiger partial charge in [-0.1, -0.05) is 0 Å². The van der Waals surface area contributed by atoms with Crippen molar-refractivity contribution in [1.82, 2.24) is 9.97 Å². The highest BCUT2D eigenvalue weighted by atomic mass is 16.5. The topological polar surface area (TPSA) is 102 Å². The summed E-state index contributed by atoms with van der Waals surface area (Å²) in [5, 5.41) is 3.00. The number of aryl methyl sites for hydroxylation is 1. The fraction of sp³-hybridized carbons (Fsp3) is 0.500. The standard InChI is InChI=1S/C10H17N5O2/c1-3-17-10(16)4-5-12-8-6-9(15-11)14-7(2)13-8/h6H,3-5,11H2,1-2H3,(H2,12,13,14,15). The molecule has 0 aliphatic heterocycles. The Labute approximate surface area is 99.7 Å². The molecule has 7 nitrogen and oxygen atoms in total. The molecule has 1 heterocycles. The normalized spacial score (nSPS) is 9.82. The maximum Gasteiger partial charge on any atom is 0.307 e. The van der Waals surface area contributed by atoms with Gasteiger partial charge in [0.2, 0.25) is 0 Å². The Kier molecular flexibility index (Phi) is 5.15. The van der Waals surface area contributed by atoms with Gasteiger partial charge in [0.15, 0.2) is 0 Å². The Morgan fingerprint density at radius 3 is 2.82 bits per heavy atom. The highest BCUT2D eigenvalue weighted by Gasteiger charge is 2.03. The highest BCUT2D eigenvalue weighted by Crippen LogP contribution is 2.09. The van der Waals surface area contributed by atoms with Crippen LogP contribution in [-0.4, -0.2) is 29.1 Å². The van der Waals surface area contributed by atoms with E-state index in [1.54, 1.807) is 19.9 Å². The first-order valence-corrected chi connectivity index (χ1v) is 5.37. The van der Waals surface area contributed by atoms with Crippen molar-refractivity contribution in [3.05, 3.63) is 11.9 Å². The summed E-state index contributed by atoms with van der Waals surface area (Å²) in [6.45, 7) is 4.39. The van der Waals surface area contributed by atoms with Gasteiger partial charge in [0.25, 0.3) is 0 Å². The van der Waals surface area contributed by atoms with Gasteiger partial charge in [0, 0.05) is 12.6 Å². The van der Waals surface area contributed by atoms with Crippen LogP contribution in [0.1, 0.15) is 19.2 Å². The molecule has 17 heavy (non-hydrogen) atoms. The average Bonchev–Trinajstić information content (AvgIpc) is 2.28. The Bertz CT molecular complexity index is 383. The number of hydrazine groups is 1. The number of nitrogen functional groups attached to an aromatic ring is 1. The molecule has 7 heteroatoms. The summed E-state index contributed by atoms with van der Waals surface area (Å²) < 4.78 is 4.80. The number of hydrogen-bond acceptors (Lipinski definition) is 7. The molecule has 0 bridgehead atoms. The third-order valence-electron chi connectivity index (χ3n) is 1.93. The van der Waals surface area contributed by atoms with Crippen molar-refractivity contribution >= 4 is 17.6 Å². The number of anilines is 2. The third-order valence-corrected chi connectivity index (χ3v) is 1.93. The SMILES string of the molecule is CCOC(=O)CCNc1cc(NN)nc(C)n1. The van der Waals surface area contributed by atoms with Gasteiger partial charge in [-0.2, -0.15) is 0 Å². The van der Waals surface area contributed by atoms with E-state index >= 15 is 0 Å². The van der Waals surface area contributed by atoms with E-state index in [0.29, 0.717) is 37.0 Å². The number of carbonyl (C=O) groups excluding carboxylic acids is 1. The molecule has 1 rings (SSSR count). The van der Waals surface area contributed by atoms with E-state index in [9.17, 15) is 4.79 Å². The lowest BCUT2D eigenvalue weighted by Crippen LogP contribution is -2.14. The van der Waals surface area contributed by atoms with Gasteiger partial charge < -0.3 is 15.5 Å². The third kappa shape index (κ3) is 4.64. The molecule has 0 fully saturated rings. The lowest BCUT2D eigenvalue weighted by molar-refractivity contribution is -0.142. The monoisotopic (exact) mass is 239 g/mol. The van der Waals surface area contributed by atoms with Crippen molar-refractivity contribution in [2.75, 3.05) is 23.9 Å². The molecule has 0 aliphatic rings. The van der Waals surface area contributed by atoms with Crippen LogP contribution in [0, 0.1) is 6.92 Å². The molecule has 0 aliphatic carbocycles. The van der Waals surface area contributed by atoms with Gasteiger partial charge in [0.05, 0.1) is 13.0 Å². The summed E-state index contributed by atoms with van der Waals surface area (Å²) in [7, 11) is 0. The molecule has 0 unspecified atom stereocenters. The predicted octanol–water partition coefficient (Wildman–Crippen LogP) is 0.436. The summed E-state index contributed by atoms with van der Waals surface area (Å²) >= 11 is 0. The van der Waals surface area contributed by atoms with E-state index in [2.05, 4.69) is 20.7 Å². The van der Waals surface area contributed by atoms with Gasteiger partial charge in [-0.05, 0) is 13.8 Å². The number of hydrogen-bond donors (Lipinski definition) is 3. The first-order valence-electron chi connectivity index (χ1n) is 5.37. The van der Waals surface area contributed by atoms with E-state index in [-0.39, 0.29) is 5.97 Å². The second-order valence-corrected chi connectivity index (χ2v) is 3.31. The second kappa shape index (κ2) is 6.64. The quantitative estimate of drug-likeness (QED) is 0.376. The fourth-order valence-electron chi connectivity index (χ4n) is 1.26. The van der Waals surface area contributed by atoms with Crippen LogP contribution in [-0.2, 0) is 9.53 Å². The van der Waals surface area contributed by atoms with Crippen molar-refractivity contribution in [3.8, 4) is 0 Å². The van der Waals surface area contributed by atoms with Crippen LogP contribution >= 0.6 is 0 Å². The van der Waals surface area contributed by atoms with Crippen molar-refractivity contribution in [2.45, 2.75) is 20.3 Å². The lowest BCUT2D eigenvalue weighted by Gasteiger charge is -2.07. The van der Waals surface area contributed by atoms with E-state index < -0.39 is 0 Å². The molecule has 0 saturated heterocycles. The van der Waals surface area contributed by atoms with Crippen LogP contribution < -0.4 is 16.6 Å². The van der Waals surface area contributed by atoms with Gasteiger partial charge in [-0.15, -0.1) is 0 Å². The number of rotatable bonds is 6. The van der Waals surface area contributed by atoms with E-state index in [1.807, 2.05) is 0 Å². The number of carbonyl (C=O) groups is 1. The molecular weight excluding hydrogens is 222 g/mol. The van der Waals surface area contributed by atoms with Gasteiger partial charge >= 0.3 is 5.97 Å². The smallest absolute Gasteiger partial charge is 0.307 e. The summed E-state index contributed by atoms with van der Waals surface area (Å²) in [6.07, 6.45) is 0.294. The number of esters is 1. The number of nitrogens with one attached hydrogen (secondary N) is 2. The zero-order valence-electron chi connectivity index (χ0n) is 9.99. The molecule has 0 radical (unpaired) electrons. The minimum Gasteiger partial charge on any atom is -0.466 e. The number of ether oxygens (including phenoxy) is 1. The molecule has 1 aromatic rings. The molecule has 4 N–H and O–H groups in total. The molecule has 0 aromatic carbocycles. The molecule has 94 valence electrons. The molecule has 0 spiro atoms. The van der Waals surface area contributed by atoms with Crippen LogP contribution in [0.3, 0.4) is 0 Å². The number of aromatic nitrogens is 2. The van der Waals surface area contributed by atoms with Crippen molar-refractivity contribution < 1.29 is 9.53 Å². The summed E-state index contributed by atoms with van der Waals surface area (Å²) in [6, 6.07) is 1.66. The van der Waals surface area contributed by atoms with Crippen LogP contribution in [0.15, 0.2) is 6.07 Å². The Hall–Kier alpha value is -1.89. The molecule has 0 amide bonds. The Morgan fingerprint density at radius 1 is 1.47 bits per heavy atom. The van der Waals surface area contributed by atoms with Crippen molar-refractivity contribution in [3.63, 3.8) is 0 Å². The summed E-state index contributed by atoms with van der Waals surface area (Å²) in [5.74, 6) is 6.77. The molecular formula is C10H17N5O2.